The lowest BCUT2D eigenvalue weighted by atomic mass is 9.99. The monoisotopic (exact) mass is 370 g/mol. The van der Waals surface area contributed by atoms with Gasteiger partial charge in [-0.3, -0.25) is 14.7 Å². The number of fused-ring (bicyclic) bond motifs is 1. The standard InChI is InChI=1S/C22H18N4O2/c27-21(24-18-12-11-17-14-23-26-19(17)13-18)22(28)25-20(15-7-3-1-4-8-15)16-9-5-2-6-10-16/h1-14,20H,(H,23,26)(H,24,27)(H,25,28). The largest absolute Gasteiger partial charge is 0.337 e. The zero-order valence-corrected chi connectivity index (χ0v) is 14.9. The van der Waals surface area contributed by atoms with Crippen LogP contribution in [0.4, 0.5) is 5.69 Å². The lowest BCUT2D eigenvalue weighted by Crippen LogP contribution is -2.38. The van der Waals surface area contributed by atoms with E-state index in [4.69, 9.17) is 0 Å². The number of rotatable bonds is 4. The van der Waals surface area contributed by atoms with Crippen molar-refractivity contribution < 1.29 is 9.59 Å². The molecule has 1 aromatic heterocycles. The minimum absolute atomic E-state index is 0.421. The second-order valence-electron chi connectivity index (χ2n) is 6.35. The van der Waals surface area contributed by atoms with Gasteiger partial charge in [-0.15, -0.1) is 0 Å². The van der Waals surface area contributed by atoms with Gasteiger partial charge in [-0.25, -0.2) is 0 Å². The van der Waals surface area contributed by atoms with Crippen molar-refractivity contribution in [2.75, 3.05) is 5.32 Å². The van der Waals surface area contributed by atoms with Crippen LogP contribution in [0.15, 0.2) is 85.1 Å². The molecule has 0 bridgehead atoms. The van der Waals surface area contributed by atoms with Gasteiger partial charge in [-0.1, -0.05) is 60.7 Å². The molecule has 1 heterocycles. The van der Waals surface area contributed by atoms with Crippen LogP contribution in [0.3, 0.4) is 0 Å². The summed E-state index contributed by atoms with van der Waals surface area (Å²) in [5, 5.41) is 13.2. The molecular formula is C22H18N4O2. The first-order valence-corrected chi connectivity index (χ1v) is 8.85. The maximum absolute atomic E-state index is 12.6. The number of hydrogen-bond donors (Lipinski definition) is 3. The first kappa shape index (κ1) is 17.5. The van der Waals surface area contributed by atoms with E-state index in [1.165, 1.54) is 0 Å². The molecule has 3 N–H and O–H groups in total. The highest BCUT2D eigenvalue weighted by atomic mass is 16.2. The lowest BCUT2D eigenvalue weighted by Gasteiger charge is -2.19. The second kappa shape index (κ2) is 7.75. The molecule has 0 saturated carbocycles. The summed E-state index contributed by atoms with van der Waals surface area (Å²) in [7, 11) is 0. The number of hydrogen-bond acceptors (Lipinski definition) is 3. The molecule has 0 aliphatic rings. The Balaban J connectivity index is 1.52. The predicted octanol–water partition coefficient (Wildman–Crippen LogP) is 3.41. The molecule has 0 radical (unpaired) electrons. The molecule has 0 atom stereocenters. The lowest BCUT2D eigenvalue weighted by molar-refractivity contribution is -0.136. The van der Waals surface area contributed by atoms with Crippen LogP contribution in [0.1, 0.15) is 17.2 Å². The zero-order valence-electron chi connectivity index (χ0n) is 14.9. The van der Waals surface area contributed by atoms with Crippen LogP contribution in [-0.4, -0.2) is 22.0 Å². The van der Waals surface area contributed by atoms with Gasteiger partial charge in [-0.2, -0.15) is 5.10 Å². The Labute approximate surface area is 161 Å². The number of carbonyl (C=O) groups excluding carboxylic acids is 2. The maximum Gasteiger partial charge on any atom is 0.313 e. The predicted molar refractivity (Wildman–Crippen MR) is 108 cm³/mol. The van der Waals surface area contributed by atoms with Gasteiger partial charge < -0.3 is 10.6 Å². The number of anilines is 1. The number of benzene rings is 3. The van der Waals surface area contributed by atoms with E-state index in [0.717, 1.165) is 22.0 Å². The van der Waals surface area contributed by atoms with E-state index in [1.807, 2.05) is 66.7 Å². The number of nitrogens with one attached hydrogen (secondary N) is 3. The second-order valence-corrected chi connectivity index (χ2v) is 6.35. The Kier molecular flexibility index (Phi) is 4.84. The van der Waals surface area contributed by atoms with Crippen LogP contribution in [0, 0.1) is 0 Å². The number of aromatic amines is 1. The average Bonchev–Trinajstić information content (AvgIpc) is 3.21. The van der Waals surface area contributed by atoms with Gasteiger partial charge in [0.05, 0.1) is 17.8 Å². The van der Waals surface area contributed by atoms with Crippen molar-refractivity contribution in [2.45, 2.75) is 6.04 Å². The Bertz CT molecular complexity index is 1070. The molecule has 6 heteroatoms. The van der Waals surface area contributed by atoms with E-state index >= 15 is 0 Å². The van der Waals surface area contributed by atoms with E-state index in [2.05, 4.69) is 20.8 Å². The van der Waals surface area contributed by atoms with Crippen LogP contribution in [-0.2, 0) is 9.59 Å². The fourth-order valence-electron chi connectivity index (χ4n) is 3.05. The summed E-state index contributed by atoms with van der Waals surface area (Å²) in [6.07, 6.45) is 1.69. The van der Waals surface area contributed by atoms with E-state index in [0.29, 0.717) is 5.69 Å². The van der Waals surface area contributed by atoms with Gasteiger partial charge in [0.1, 0.15) is 0 Å². The van der Waals surface area contributed by atoms with Crippen molar-refractivity contribution >= 4 is 28.4 Å². The Hall–Kier alpha value is -3.93. The highest BCUT2D eigenvalue weighted by Gasteiger charge is 2.21. The smallest absolute Gasteiger partial charge is 0.313 e. The summed E-state index contributed by atoms with van der Waals surface area (Å²) in [4.78, 5) is 25.0. The zero-order chi connectivity index (χ0) is 19.3. The Morgan fingerprint density at radius 3 is 2.11 bits per heavy atom. The van der Waals surface area contributed by atoms with Crippen molar-refractivity contribution in [1.82, 2.24) is 15.5 Å². The van der Waals surface area contributed by atoms with Crippen molar-refractivity contribution in [3.05, 3.63) is 96.2 Å². The molecule has 0 aliphatic carbocycles. The molecular weight excluding hydrogens is 352 g/mol. The molecule has 0 aliphatic heterocycles. The van der Waals surface area contributed by atoms with Gasteiger partial charge in [0.2, 0.25) is 0 Å². The molecule has 4 rings (SSSR count). The van der Waals surface area contributed by atoms with Crippen LogP contribution >= 0.6 is 0 Å². The summed E-state index contributed by atoms with van der Waals surface area (Å²) in [5.41, 5.74) is 3.10. The fraction of sp³-hybridized carbons (Fsp3) is 0.0455. The van der Waals surface area contributed by atoms with E-state index < -0.39 is 17.9 Å². The molecule has 0 unspecified atom stereocenters. The van der Waals surface area contributed by atoms with Crippen molar-refractivity contribution in [3.63, 3.8) is 0 Å². The van der Waals surface area contributed by atoms with Crippen molar-refractivity contribution in [1.29, 1.82) is 0 Å². The normalized spacial score (nSPS) is 10.8. The molecule has 28 heavy (non-hydrogen) atoms. The third-order valence-corrected chi connectivity index (χ3v) is 4.45. The van der Waals surface area contributed by atoms with E-state index in [-0.39, 0.29) is 0 Å². The summed E-state index contributed by atoms with van der Waals surface area (Å²) in [6, 6.07) is 24.0. The number of aromatic nitrogens is 2. The number of nitrogens with zero attached hydrogens (tertiary/aromatic N) is 1. The van der Waals surface area contributed by atoms with Gasteiger partial charge in [0.25, 0.3) is 0 Å². The third-order valence-electron chi connectivity index (χ3n) is 4.45. The van der Waals surface area contributed by atoms with Gasteiger partial charge >= 0.3 is 11.8 Å². The molecule has 4 aromatic rings. The van der Waals surface area contributed by atoms with E-state index in [9.17, 15) is 9.59 Å². The van der Waals surface area contributed by atoms with Crippen molar-refractivity contribution in [3.8, 4) is 0 Å². The van der Waals surface area contributed by atoms with Crippen molar-refractivity contribution in [2.24, 2.45) is 0 Å². The van der Waals surface area contributed by atoms with Gasteiger partial charge in [-0.05, 0) is 29.3 Å². The minimum Gasteiger partial charge on any atom is -0.337 e. The van der Waals surface area contributed by atoms with Gasteiger partial charge in [0, 0.05) is 11.1 Å². The highest BCUT2D eigenvalue weighted by molar-refractivity contribution is 6.39. The maximum atomic E-state index is 12.6. The SMILES string of the molecule is O=C(Nc1ccc2cn[nH]c2c1)C(=O)NC(c1ccccc1)c1ccccc1. The summed E-state index contributed by atoms with van der Waals surface area (Å²) in [6.45, 7) is 0. The summed E-state index contributed by atoms with van der Waals surface area (Å²) >= 11 is 0. The van der Waals surface area contributed by atoms with Crippen LogP contribution in [0.5, 0.6) is 0 Å². The molecule has 2 amide bonds. The van der Waals surface area contributed by atoms with Crippen LogP contribution in [0.2, 0.25) is 0 Å². The summed E-state index contributed by atoms with van der Waals surface area (Å²) < 4.78 is 0. The number of carbonyl (C=O) groups is 2. The third kappa shape index (κ3) is 3.76. The van der Waals surface area contributed by atoms with Crippen LogP contribution < -0.4 is 10.6 Å². The summed E-state index contributed by atoms with van der Waals surface area (Å²) in [5.74, 6) is -1.43. The van der Waals surface area contributed by atoms with Crippen LogP contribution in [0.25, 0.3) is 10.9 Å². The fourth-order valence-corrected chi connectivity index (χ4v) is 3.05. The molecule has 0 fully saturated rings. The Morgan fingerprint density at radius 1 is 0.821 bits per heavy atom. The highest BCUT2D eigenvalue weighted by Crippen LogP contribution is 2.22. The molecule has 138 valence electrons. The molecule has 0 spiro atoms. The molecule has 0 saturated heterocycles. The average molecular weight is 370 g/mol. The quantitative estimate of drug-likeness (QED) is 0.481. The topological polar surface area (TPSA) is 86.9 Å². The molecule has 6 nitrogen and oxygen atoms in total. The Morgan fingerprint density at radius 2 is 1.46 bits per heavy atom. The van der Waals surface area contributed by atoms with E-state index in [1.54, 1.807) is 18.3 Å². The minimum atomic E-state index is -0.726. The number of H-pyrrole nitrogens is 1. The first-order valence-electron chi connectivity index (χ1n) is 8.85. The van der Waals surface area contributed by atoms with Gasteiger partial charge in [0.15, 0.2) is 0 Å². The molecule has 3 aromatic carbocycles. The number of amides is 2. The first-order chi connectivity index (χ1) is 13.7.